The first kappa shape index (κ1) is 112. The molecule has 0 amide bonds. The summed E-state index contributed by atoms with van der Waals surface area (Å²) in [6.07, 6.45) is 32.9. The van der Waals surface area contributed by atoms with E-state index in [2.05, 4.69) is 58.9 Å². The number of aliphatic hydroxyl groups excluding tert-OH is 9. The number of allylic oxidation sites excluding steroid dienone is 4. The molecule has 3 fully saturated rings. The third kappa shape index (κ3) is 52.9. The summed E-state index contributed by atoms with van der Waals surface area (Å²) < 4.78 is 73.6. The van der Waals surface area contributed by atoms with E-state index in [0.717, 1.165) is 154 Å². The Bertz CT molecular complexity index is 2620. The highest BCUT2D eigenvalue weighted by molar-refractivity contribution is 7.47. The van der Waals surface area contributed by atoms with Crippen LogP contribution < -0.4 is 0 Å². The van der Waals surface area contributed by atoms with Gasteiger partial charge in [0.1, 0.15) is 92.6 Å². The number of hydrogen-bond acceptors (Lipinski definition) is 24. The van der Waals surface area contributed by atoms with Crippen LogP contribution in [0.5, 0.6) is 0 Å². The molecular formula is C95H175O25P. The molecule has 0 radical (unpaired) electrons. The molecule has 1 saturated carbocycles. The molecule has 710 valence electrons. The third-order valence-corrected chi connectivity index (χ3v) is 25.1. The predicted octanol–water partition coefficient (Wildman–Crippen LogP) is 18.7. The normalized spacial score (nSPS) is 25.0. The molecular weight excluding hydrogens is 1570 g/mol. The lowest BCUT2D eigenvalue weighted by molar-refractivity contribution is -0.360. The van der Waals surface area contributed by atoms with Gasteiger partial charge in [-0.3, -0.25) is 28.2 Å². The molecule has 25 nitrogen and oxygen atoms in total. The van der Waals surface area contributed by atoms with Crippen LogP contribution in [0.25, 0.3) is 0 Å². The van der Waals surface area contributed by atoms with Crippen LogP contribution >= 0.6 is 7.82 Å². The summed E-state index contributed by atoms with van der Waals surface area (Å²) in [5, 5.41) is 102. The molecule has 0 spiro atoms. The van der Waals surface area contributed by atoms with Crippen molar-refractivity contribution in [3.05, 3.63) is 24.3 Å². The lowest BCUT2D eigenvalue weighted by Gasteiger charge is -2.50. The number of aliphatic hydroxyl groups is 9. The Morgan fingerprint density at radius 3 is 1.07 bits per heavy atom. The second-order valence-corrected chi connectivity index (χ2v) is 36.6. The SMILES string of the molecule is CCCCCC/C=C\CCCCCCCCCC(=O)OC(COC(=O)CCCCCCCCC(C)CCCCCCCC)COP(=O)(O)OC1C(OC2OC(CO)C(O)C(O)C2O)C(O)C(O)C(OC(=O)CCCCCCCCC/C=C\CCCCCC)C1OC1OC(COC(=O)CCCCCCCCCCCCCCCCCC)C(O)C(O)C1O. The van der Waals surface area contributed by atoms with Gasteiger partial charge in [0.25, 0.3) is 0 Å². The van der Waals surface area contributed by atoms with Gasteiger partial charge in [0.2, 0.25) is 0 Å². The van der Waals surface area contributed by atoms with Gasteiger partial charge in [-0.15, -0.1) is 0 Å². The van der Waals surface area contributed by atoms with Gasteiger partial charge in [0.15, 0.2) is 24.8 Å². The van der Waals surface area contributed by atoms with Crippen molar-refractivity contribution in [3.8, 4) is 0 Å². The molecule has 0 aromatic heterocycles. The Labute approximate surface area is 730 Å². The standard InChI is InChI=1S/C95H175O25P/c1-6-10-14-18-22-25-28-31-34-37-38-41-44-47-54-61-67-79(98)112-73-77-83(102)85(104)89(108)95(116-77)119-92-90(117-81(100)69-63-57-49-46-43-40-36-33-30-27-24-20-16-12-8-3)86(105)87(106)91(118-94-88(107)84(103)82(101)76(70-96)115-94)93(92)120-121(109,110)113-72-75(114-80(99)68-62-56-48-45-42-39-35-32-29-26-23-19-15-11-7-2)71-111-78(97)66-60-55-51-50-53-59-65-74(5)64-58-52-21-17-13-9-4/h26-27,29-30,74-77,82-96,101-108H,6-25,28,31-73H2,1-5H3,(H,109,110)/b29-26-,30-27-. The van der Waals surface area contributed by atoms with E-state index < -0.39 is 162 Å². The summed E-state index contributed by atoms with van der Waals surface area (Å²) in [6.45, 7) is 7.93. The molecule has 2 saturated heterocycles. The lowest BCUT2D eigenvalue weighted by Crippen LogP contribution is -2.70. The van der Waals surface area contributed by atoms with Crippen molar-refractivity contribution in [2.75, 3.05) is 26.4 Å². The Hall–Kier alpha value is -3.05. The number of phosphoric acid groups is 1. The largest absolute Gasteiger partial charge is 0.472 e. The Morgan fingerprint density at radius 2 is 0.669 bits per heavy atom. The third-order valence-electron chi connectivity index (χ3n) is 24.1. The number of esters is 4. The zero-order valence-electron chi connectivity index (χ0n) is 76.0. The highest BCUT2D eigenvalue weighted by Gasteiger charge is 2.60. The zero-order chi connectivity index (χ0) is 88.4. The van der Waals surface area contributed by atoms with E-state index >= 15 is 0 Å². The van der Waals surface area contributed by atoms with E-state index in [4.69, 9.17) is 46.9 Å². The molecule has 2 heterocycles. The second kappa shape index (κ2) is 72.8. The van der Waals surface area contributed by atoms with E-state index in [1.54, 1.807) is 0 Å². The van der Waals surface area contributed by atoms with E-state index in [-0.39, 0.29) is 25.7 Å². The number of hydrogen-bond donors (Lipinski definition) is 10. The van der Waals surface area contributed by atoms with Crippen molar-refractivity contribution >= 4 is 31.7 Å². The highest BCUT2D eigenvalue weighted by Crippen LogP contribution is 2.49. The number of carbonyl (C=O) groups is 4. The zero-order valence-corrected chi connectivity index (χ0v) is 76.9. The van der Waals surface area contributed by atoms with Gasteiger partial charge in [-0.1, -0.05) is 341 Å². The molecule has 2 aliphatic heterocycles. The summed E-state index contributed by atoms with van der Waals surface area (Å²) in [7, 11) is -5.81. The van der Waals surface area contributed by atoms with Crippen molar-refractivity contribution in [3.63, 3.8) is 0 Å². The Kier molecular flexibility index (Phi) is 67.5. The number of rotatable bonds is 79. The molecule has 19 unspecified atom stereocenters. The molecule has 0 bridgehead atoms. The number of ether oxygens (including phenoxy) is 8. The average molecular weight is 1750 g/mol. The maximum Gasteiger partial charge on any atom is 0.472 e. The minimum atomic E-state index is -5.81. The van der Waals surface area contributed by atoms with E-state index in [1.807, 2.05) is 0 Å². The van der Waals surface area contributed by atoms with Crippen molar-refractivity contribution in [1.29, 1.82) is 0 Å². The van der Waals surface area contributed by atoms with Crippen LogP contribution in [0.1, 0.15) is 420 Å². The quantitative estimate of drug-likeness (QED) is 0.00889. The van der Waals surface area contributed by atoms with Gasteiger partial charge in [-0.2, -0.15) is 0 Å². The van der Waals surface area contributed by atoms with E-state index in [0.29, 0.717) is 44.4 Å². The molecule has 0 aromatic carbocycles. The molecule has 121 heavy (non-hydrogen) atoms. The molecule has 3 rings (SSSR count). The van der Waals surface area contributed by atoms with Gasteiger partial charge < -0.3 is 88.7 Å². The van der Waals surface area contributed by atoms with Crippen LogP contribution in [0.2, 0.25) is 0 Å². The summed E-state index contributed by atoms with van der Waals surface area (Å²) in [6, 6.07) is 0. The topological polar surface area (TPSA) is 380 Å². The molecule has 1 aliphatic carbocycles. The monoisotopic (exact) mass is 1750 g/mol. The predicted molar refractivity (Wildman–Crippen MR) is 472 cm³/mol. The molecule has 19 atom stereocenters. The summed E-state index contributed by atoms with van der Waals surface area (Å²) in [5.74, 6) is -2.28. The van der Waals surface area contributed by atoms with Gasteiger partial charge in [-0.05, 0) is 83.0 Å². The van der Waals surface area contributed by atoms with Crippen LogP contribution in [0.3, 0.4) is 0 Å². The van der Waals surface area contributed by atoms with E-state index in [9.17, 15) is 74.6 Å². The first-order valence-electron chi connectivity index (χ1n) is 49.0. The smallest absolute Gasteiger partial charge is 0.463 e. The van der Waals surface area contributed by atoms with Crippen LogP contribution in [-0.2, 0) is 70.7 Å². The summed E-state index contributed by atoms with van der Waals surface area (Å²) in [4.78, 5) is 66.6. The van der Waals surface area contributed by atoms with Gasteiger partial charge in [-0.25, -0.2) is 4.57 Å². The number of carbonyl (C=O) groups excluding carboxylic acids is 4. The fourth-order valence-corrected chi connectivity index (χ4v) is 17.2. The van der Waals surface area contributed by atoms with Crippen molar-refractivity contribution in [1.82, 2.24) is 0 Å². The molecule has 3 aliphatic rings. The summed E-state index contributed by atoms with van der Waals surface area (Å²) >= 11 is 0. The van der Waals surface area contributed by atoms with Crippen molar-refractivity contribution in [2.24, 2.45) is 5.92 Å². The lowest BCUT2D eigenvalue weighted by atomic mass is 9.84. The molecule has 26 heteroatoms. The number of unbranched alkanes of at least 4 members (excludes halogenated alkanes) is 47. The maximum atomic E-state index is 14.9. The highest BCUT2D eigenvalue weighted by atomic mass is 31.2. The summed E-state index contributed by atoms with van der Waals surface area (Å²) in [5.41, 5.74) is 0. The Morgan fingerprint density at radius 1 is 0.347 bits per heavy atom. The fourth-order valence-electron chi connectivity index (χ4n) is 16.2. The van der Waals surface area contributed by atoms with E-state index in [1.165, 1.54) is 167 Å². The minimum Gasteiger partial charge on any atom is -0.463 e. The van der Waals surface area contributed by atoms with Crippen molar-refractivity contribution < 1.29 is 122 Å². The van der Waals surface area contributed by atoms with Crippen LogP contribution in [0.4, 0.5) is 0 Å². The minimum absolute atomic E-state index is 0.0168. The second-order valence-electron chi connectivity index (χ2n) is 35.2. The fraction of sp³-hybridized carbons (Fsp3) is 0.916. The van der Waals surface area contributed by atoms with Crippen LogP contribution in [-0.4, -0.2) is 205 Å². The van der Waals surface area contributed by atoms with Gasteiger partial charge in [0.05, 0.1) is 13.2 Å². The molecule has 0 aromatic rings. The molecule has 10 N–H and O–H groups in total. The van der Waals surface area contributed by atoms with Crippen LogP contribution in [0.15, 0.2) is 24.3 Å². The van der Waals surface area contributed by atoms with Gasteiger partial charge >= 0.3 is 31.7 Å². The maximum absolute atomic E-state index is 14.9. The van der Waals surface area contributed by atoms with Crippen LogP contribution in [0, 0.1) is 5.92 Å². The van der Waals surface area contributed by atoms with Gasteiger partial charge in [0, 0.05) is 25.7 Å². The average Bonchev–Trinajstić information content (AvgIpc) is 0.753. The number of phosphoric ester groups is 1. The van der Waals surface area contributed by atoms with Crippen molar-refractivity contribution in [2.45, 2.75) is 524 Å². The Balaban J connectivity index is 1.91. The first-order valence-corrected chi connectivity index (χ1v) is 50.5. The first-order chi connectivity index (χ1) is 58.6.